The Bertz CT molecular complexity index is 1500. The maximum Gasteiger partial charge on any atom is 0.335 e. The van der Waals surface area contributed by atoms with Gasteiger partial charge < -0.3 is 14.8 Å². The van der Waals surface area contributed by atoms with Crippen molar-refractivity contribution < 1.29 is 33.6 Å². The lowest BCUT2D eigenvalue weighted by Gasteiger charge is -2.26. The standard InChI is InChI=1S/C26H19BrN4O8/c1-38-20-9-3-17(4-10-20)28-23(32)14-39-22-11-2-16(27)12-15(22)13-21-24(33)29-26(35)30(25(21)34)18-5-7-19(8-6-18)31(36)37/h2-13H,14H2,1H3,(H,28,32)(H,29,33,35)/b21-13-. The van der Waals surface area contributed by atoms with Crippen LogP contribution in [0.5, 0.6) is 11.5 Å². The number of anilines is 2. The van der Waals surface area contributed by atoms with E-state index in [1.54, 1.807) is 42.5 Å². The molecule has 0 unspecified atom stereocenters. The fourth-order valence-electron chi connectivity index (χ4n) is 3.55. The van der Waals surface area contributed by atoms with Crippen LogP contribution in [0, 0.1) is 10.1 Å². The Morgan fingerprint density at radius 3 is 2.41 bits per heavy atom. The van der Waals surface area contributed by atoms with Gasteiger partial charge in [-0.2, -0.15) is 0 Å². The normalized spacial score (nSPS) is 14.2. The summed E-state index contributed by atoms with van der Waals surface area (Å²) in [6, 6.07) is 15.2. The number of imide groups is 2. The number of carbonyl (C=O) groups is 4. The predicted octanol–water partition coefficient (Wildman–Crippen LogP) is 4.05. The molecule has 1 heterocycles. The van der Waals surface area contributed by atoms with Gasteiger partial charge in [0.05, 0.1) is 17.7 Å². The lowest BCUT2D eigenvalue weighted by Crippen LogP contribution is -2.54. The number of rotatable bonds is 8. The van der Waals surface area contributed by atoms with Crippen LogP contribution in [0.2, 0.25) is 0 Å². The first-order valence-corrected chi connectivity index (χ1v) is 12.0. The number of ether oxygens (including phenoxy) is 2. The summed E-state index contributed by atoms with van der Waals surface area (Å²) in [4.78, 5) is 61.7. The minimum atomic E-state index is -1.00. The first-order chi connectivity index (χ1) is 18.7. The molecule has 13 heteroatoms. The molecule has 0 atom stereocenters. The number of nitro groups is 1. The SMILES string of the molecule is COc1ccc(NC(=O)COc2ccc(Br)cc2/C=C2/C(=O)NC(=O)N(c3ccc([N+](=O)[O-])cc3)C2=O)cc1. The Labute approximate surface area is 229 Å². The number of amides is 5. The van der Waals surface area contributed by atoms with E-state index >= 15 is 0 Å². The van der Waals surface area contributed by atoms with E-state index < -0.39 is 34.2 Å². The summed E-state index contributed by atoms with van der Waals surface area (Å²) in [5.74, 6) is -1.52. The van der Waals surface area contributed by atoms with E-state index in [1.807, 2.05) is 0 Å². The molecule has 198 valence electrons. The second kappa shape index (κ2) is 11.6. The van der Waals surface area contributed by atoms with Crippen LogP contribution in [0.15, 0.2) is 76.8 Å². The third kappa shape index (κ3) is 6.27. The van der Waals surface area contributed by atoms with Gasteiger partial charge in [-0.3, -0.25) is 29.8 Å². The summed E-state index contributed by atoms with van der Waals surface area (Å²) in [6.45, 7) is -0.378. The molecule has 0 bridgehead atoms. The van der Waals surface area contributed by atoms with Crippen molar-refractivity contribution in [3.63, 3.8) is 0 Å². The Hall–Kier alpha value is -5.04. The number of carbonyl (C=O) groups excluding carboxylic acids is 4. The topological polar surface area (TPSA) is 157 Å². The van der Waals surface area contributed by atoms with Gasteiger partial charge in [0.2, 0.25) is 0 Å². The number of barbiturate groups is 1. The summed E-state index contributed by atoms with van der Waals surface area (Å²) < 4.78 is 11.3. The Morgan fingerprint density at radius 1 is 1.08 bits per heavy atom. The molecular weight excluding hydrogens is 576 g/mol. The number of nitro benzene ring substituents is 1. The zero-order valence-corrected chi connectivity index (χ0v) is 21.8. The first-order valence-electron chi connectivity index (χ1n) is 11.2. The van der Waals surface area contributed by atoms with Crippen molar-refractivity contribution in [2.24, 2.45) is 0 Å². The van der Waals surface area contributed by atoms with E-state index in [0.717, 1.165) is 12.1 Å². The minimum Gasteiger partial charge on any atom is -0.497 e. The molecule has 0 saturated carbocycles. The van der Waals surface area contributed by atoms with Crippen LogP contribution in [0.1, 0.15) is 5.56 Å². The number of benzene rings is 3. The van der Waals surface area contributed by atoms with Gasteiger partial charge in [-0.25, -0.2) is 9.69 Å². The molecule has 1 aliphatic heterocycles. The van der Waals surface area contributed by atoms with Gasteiger partial charge in [0, 0.05) is 27.9 Å². The Morgan fingerprint density at radius 2 is 1.77 bits per heavy atom. The smallest absolute Gasteiger partial charge is 0.335 e. The number of nitrogens with zero attached hydrogens (tertiary/aromatic N) is 2. The minimum absolute atomic E-state index is 0.0300. The zero-order valence-electron chi connectivity index (χ0n) is 20.2. The van der Waals surface area contributed by atoms with Crippen LogP contribution in [-0.4, -0.2) is 42.4 Å². The molecule has 1 saturated heterocycles. The van der Waals surface area contributed by atoms with Crippen molar-refractivity contribution >= 4 is 62.8 Å². The van der Waals surface area contributed by atoms with Crippen molar-refractivity contribution in [3.05, 3.63) is 92.5 Å². The number of hydrogen-bond acceptors (Lipinski definition) is 8. The van der Waals surface area contributed by atoms with Gasteiger partial charge in [-0.05, 0) is 60.7 Å². The van der Waals surface area contributed by atoms with Crippen LogP contribution in [0.3, 0.4) is 0 Å². The van der Waals surface area contributed by atoms with Crippen molar-refractivity contribution in [1.82, 2.24) is 5.32 Å². The van der Waals surface area contributed by atoms with Gasteiger partial charge in [0.25, 0.3) is 23.4 Å². The van der Waals surface area contributed by atoms with E-state index in [9.17, 15) is 29.3 Å². The van der Waals surface area contributed by atoms with Crippen molar-refractivity contribution in [1.29, 1.82) is 0 Å². The fourth-order valence-corrected chi connectivity index (χ4v) is 3.93. The predicted molar refractivity (Wildman–Crippen MR) is 143 cm³/mol. The second-order valence-electron chi connectivity index (χ2n) is 7.98. The highest BCUT2D eigenvalue weighted by molar-refractivity contribution is 9.10. The second-order valence-corrected chi connectivity index (χ2v) is 8.89. The van der Waals surface area contributed by atoms with Gasteiger partial charge in [0.1, 0.15) is 17.1 Å². The lowest BCUT2D eigenvalue weighted by atomic mass is 10.1. The van der Waals surface area contributed by atoms with Gasteiger partial charge in [0.15, 0.2) is 6.61 Å². The highest BCUT2D eigenvalue weighted by Gasteiger charge is 2.37. The summed E-state index contributed by atoms with van der Waals surface area (Å²) in [7, 11) is 1.53. The van der Waals surface area contributed by atoms with Crippen LogP contribution in [0.25, 0.3) is 6.08 Å². The summed E-state index contributed by atoms with van der Waals surface area (Å²) in [6.07, 6.45) is 1.23. The molecule has 5 amide bonds. The summed E-state index contributed by atoms with van der Waals surface area (Å²) in [5.41, 5.74) is 0.213. The van der Waals surface area contributed by atoms with E-state index in [-0.39, 0.29) is 29.3 Å². The number of nitrogens with one attached hydrogen (secondary N) is 2. The number of hydrogen-bond donors (Lipinski definition) is 2. The van der Waals surface area contributed by atoms with Crippen LogP contribution < -0.4 is 25.0 Å². The number of halogens is 1. The van der Waals surface area contributed by atoms with Gasteiger partial charge in [-0.15, -0.1) is 0 Å². The average Bonchev–Trinajstić information content (AvgIpc) is 2.91. The molecule has 3 aromatic rings. The third-order valence-electron chi connectivity index (χ3n) is 5.42. The zero-order chi connectivity index (χ0) is 28.1. The molecule has 4 rings (SSSR count). The molecule has 3 aromatic carbocycles. The molecule has 1 aliphatic rings. The molecule has 0 spiro atoms. The van der Waals surface area contributed by atoms with Gasteiger partial charge >= 0.3 is 6.03 Å². The molecule has 1 fully saturated rings. The monoisotopic (exact) mass is 594 g/mol. The highest BCUT2D eigenvalue weighted by atomic mass is 79.9. The Kier molecular flexibility index (Phi) is 8.01. The maximum absolute atomic E-state index is 13.2. The quantitative estimate of drug-likeness (QED) is 0.171. The van der Waals surface area contributed by atoms with E-state index in [4.69, 9.17) is 9.47 Å². The third-order valence-corrected chi connectivity index (χ3v) is 5.92. The molecule has 0 radical (unpaired) electrons. The van der Waals surface area contributed by atoms with Gasteiger partial charge in [-0.1, -0.05) is 15.9 Å². The molecule has 39 heavy (non-hydrogen) atoms. The molecule has 2 N–H and O–H groups in total. The molecule has 0 aromatic heterocycles. The van der Waals surface area contributed by atoms with Crippen LogP contribution in [-0.2, 0) is 14.4 Å². The first kappa shape index (κ1) is 27.0. The lowest BCUT2D eigenvalue weighted by molar-refractivity contribution is -0.384. The average molecular weight is 595 g/mol. The molecule has 0 aliphatic carbocycles. The maximum atomic E-state index is 13.2. The Balaban J connectivity index is 1.55. The number of urea groups is 1. The largest absolute Gasteiger partial charge is 0.497 e. The van der Waals surface area contributed by atoms with Crippen LogP contribution >= 0.6 is 15.9 Å². The number of non-ortho nitro benzene ring substituents is 1. The molecule has 12 nitrogen and oxygen atoms in total. The van der Waals surface area contributed by atoms with Crippen molar-refractivity contribution in [3.8, 4) is 11.5 Å². The highest BCUT2D eigenvalue weighted by Crippen LogP contribution is 2.29. The summed E-state index contributed by atoms with van der Waals surface area (Å²) >= 11 is 3.32. The van der Waals surface area contributed by atoms with E-state index in [0.29, 0.717) is 20.8 Å². The molecular formula is C26H19BrN4O8. The van der Waals surface area contributed by atoms with Crippen LogP contribution in [0.4, 0.5) is 21.9 Å². The fraction of sp³-hybridized carbons (Fsp3) is 0.0769. The summed E-state index contributed by atoms with van der Waals surface area (Å²) in [5, 5.41) is 15.7. The number of methoxy groups -OCH3 is 1. The van der Waals surface area contributed by atoms with E-state index in [2.05, 4.69) is 26.6 Å². The van der Waals surface area contributed by atoms with Crippen molar-refractivity contribution in [2.45, 2.75) is 0 Å². The van der Waals surface area contributed by atoms with E-state index in [1.165, 1.54) is 25.3 Å². The van der Waals surface area contributed by atoms with Crippen molar-refractivity contribution in [2.75, 3.05) is 23.9 Å².